The van der Waals surface area contributed by atoms with Crippen LogP contribution < -0.4 is 0 Å². The van der Waals surface area contributed by atoms with E-state index in [0.717, 1.165) is 13.0 Å². The molecule has 1 aromatic rings. The smallest absolute Gasteiger partial charge is 0.226 e. The predicted octanol–water partition coefficient (Wildman–Crippen LogP) is 2.24. The molecule has 1 aromatic carbocycles. The van der Waals surface area contributed by atoms with Crippen molar-refractivity contribution >= 4 is 5.91 Å². The fraction of sp³-hybridized carbons (Fsp3) is 0.533. The largest absolute Gasteiger partial charge is 0.370 e. The van der Waals surface area contributed by atoms with Crippen molar-refractivity contribution in [2.45, 2.75) is 19.4 Å². The molecule has 0 N–H and O–H groups in total. The first-order valence-corrected chi connectivity index (χ1v) is 6.71. The quantitative estimate of drug-likeness (QED) is 0.799. The van der Waals surface area contributed by atoms with Crippen LogP contribution in [0.5, 0.6) is 0 Å². The number of amides is 1. The second-order valence-electron chi connectivity index (χ2n) is 5.37. The third kappa shape index (κ3) is 2.27. The molecule has 3 unspecified atom stereocenters. The Morgan fingerprint density at radius 3 is 2.72 bits per heavy atom. The number of carbonyl (C=O) groups is 1. The van der Waals surface area contributed by atoms with Gasteiger partial charge in [-0.15, -0.1) is 0 Å². The van der Waals surface area contributed by atoms with Crippen molar-refractivity contribution in [3.63, 3.8) is 0 Å². The summed E-state index contributed by atoms with van der Waals surface area (Å²) in [4.78, 5) is 14.2. The highest BCUT2D eigenvalue weighted by molar-refractivity contribution is 5.81. The molecular formula is C15H19NO2. The van der Waals surface area contributed by atoms with Crippen molar-refractivity contribution < 1.29 is 9.53 Å². The van der Waals surface area contributed by atoms with Crippen molar-refractivity contribution in [1.29, 1.82) is 0 Å². The highest BCUT2D eigenvalue weighted by Gasteiger charge is 2.42. The third-order valence-corrected chi connectivity index (χ3v) is 3.98. The van der Waals surface area contributed by atoms with Crippen LogP contribution in [-0.4, -0.2) is 30.5 Å². The molecule has 1 heterocycles. The van der Waals surface area contributed by atoms with E-state index in [4.69, 9.17) is 4.74 Å². The van der Waals surface area contributed by atoms with Crippen molar-refractivity contribution in [3.8, 4) is 0 Å². The summed E-state index contributed by atoms with van der Waals surface area (Å²) in [5, 5.41) is 0. The zero-order valence-electron chi connectivity index (χ0n) is 10.7. The Hall–Kier alpha value is -1.35. The molecule has 1 amide bonds. The highest BCUT2D eigenvalue weighted by Crippen LogP contribution is 2.39. The van der Waals surface area contributed by atoms with Crippen molar-refractivity contribution in [2.75, 3.05) is 19.7 Å². The summed E-state index contributed by atoms with van der Waals surface area (Å²) in [6.45, 7) is 4.24. The minimum Gasteiger partial charge on any atom is -0.370 e. The first-order chi connectivity index (χ1) is 8.75. The summed E-state index contributed by atoms with van der Waals surface area (Å²) in [6, 6.07) is 10.2. The second kappa shape index (κ2) is 4.73. The number of ether oxygens (including phenoxy) is 1. The van der Waals surface area contributed by atoms with Crippen LogP contribution in [0.4, 0.5) is 0 Å². The first-order valence-electron chi connectivity index (χ1n) is 6.71. The lowest BCUT2D eigenvalue weighted by Crippen LogP contribution is -2.43. The third-order valence-electron chi connectivity index (χ3n) is 3.98. The fourth-order valence-corrected chi connectivity index (χ4v) is 2.62. The Kier molecular flexibility index (Phi) is 3.08. The van der Waals surface area contributed by atoms with Gasteiger partial charge >= 0.3 is 0 Å². The lowest BCUT2D eigenvalue weighted by Gasteiger charge is -2.33. The summed E-state index contributed by atoms with van der Waals surface area (Å²) in [5.74, 6) is 1.18. The van der Waals surface area contributed by atoms with Crippen LogP contribution in [0.15, 0.2) is 30.3 Å². The molecular weight excluding hydrogens is 226 g/mol. The fourth-order valence-electron chi connectivity index (χ4n) is 2.62. The van der Waals surface area contributed by atoms with E-state index in [2.05, 4.69) is 19.1 Å². The van der Waals surface area contributed by atoms with Crippen LogP contribution in [0.3, 0.4) is 0 Å². The van der Waals surface area contributed by atoms with E-state index in [0.29, 0.717) is 25.0 Å². The second-order valence-corrected chi connectivity index (χ2v) is 5.37. The molecule has 3 rings (SSSR count). The number of nitrogens with zero attached hydrogens (tertiary/aromatic N) is 1. The van der Waals surface area contributed by atoms with Gasteiger partial charge in [-0.25, -0.2) is 0 Å². The van der Waals surface area contributed by atoms with E-state index in [-0.39, 0.29) is 12.0 Å². The van der Waals surface area contributed by atoms with Crippen LogP contribution in [-0.2, 0) is 9.53 Å². The molecule has 18 heavy (non-hydrogen) atoms. The lowest BCUT2D eigenvalue weighted by atomic mass is 10.1. The summed E-state index contributed by atoms with van der Waals surface area (Å²) < 4.78 is 5.78. The van der Waals surface area contributed by atoms with Gasteiger partial charge in [0.2, 0.25) is 5.91 Å². The normalized spacial score (nSPS) is 31.2. The van der Waals surface area contributed by atoms with Crippen LogP contribution in [0.1, 0.15) is 25.0 Å². The molecule has 96 valence electrons. The maximum atomic E-state index is 12.2. The molecule has 1 aliphatic carbocycles. The number of hydrogen-bond donors (Lipinski definition) is 0. The summed E-state index contributed by atoms with van der Waals surface area (Å²) in [5.41, 5.74) is 1.17. The molecule has 0 aromatic heterocycles. The Labute approximate surface area is 108 Å². The van der Waals surface area contributed by atoms with E-state index in [9.17, 15) is 4.79 Å². The molecule has 1 saturated carbocycles. The number of morpholine rings is 1. The van der Waals surface area contributed by atoms with Crippen molar-refractivity contribution in [1.82, 2.24) is 4.90 Å². The Morgan fingerprint density at radius 1 is 1.33 bits per heavy atom. The van der Waals surface area contributed by atoms with Crippen LogP contribution in [0.25, 0.3) is 0 Å². The van der Waals surface area contributed by atoms with Gasteiger partial charge in [0.05, 0.1) is 13.2 Å². The average molecular weight is 245 g/mol. The van der Waals surface area contributed by atoms with Gasteiger partial charge in [0.25, 0.3) is 0 Å². The molecule has 1 saturated heterocycles. The lowest BCUT2D eigenvalue weighted by molar-refractivity contribution is -0.140. The van der Waals surface area contributed by atoms with Crippen LogP contribution in [0, 0.1) is 11.8 Å². The zero-order valence-corrected chi connectivity index (χ0v) is 10.7. The molecule has 3 nitrogen and oxygen atoms in total. The van der Waals surface area contributed by atoms with E-state index in [1.54, 1.807) is 0 Å². The van der Waals surface area contributed by atoms with Gasteiger partial charge in [-0.1, -0.05) is 37.3 Å². The van der Waals surface area contributed by atoms with E-state index < -0.39 is 0 Å². The van der Waals surface area contributed by atoms with E-state index in [1.165, 1.54) is 5.56 Å². The highest BCUT2D eigenvalue weighted by atomic mass is 16.5. The Balaban J connectivity index is 1.67. The van der Waals surface area contributed by atoms with Crippen molar-refractivity contribution in [3.05, 3.63) is 35.9 Å². The maximum absolute atomic E-state index is 12.2. The van der Waals surface area contributed by atoms with Gasteiger partial charge < -0.3 is 9.64 Å². The van der Waals surface area contributed by atoms with Gasteiger partial charge in [-0.05, 0) is 17.9 Å². The van der Waals surface area contributed by atoms with E-state index >= 15 is 0 Å². The van der Waals surface area contributed by atoms with Gasteiger partial charge in [-0.3, -0.25) is 4.79 Å². The average Bonchev–Trinajstić information content (AvgIpc) is 3.16. The van der Waals surface area contributed by atoms with Crippen molar-refractivity contribution in [2.24, 2.45) is 11.8 Å². The maximum Gasteiger partial charge on any atom is 0.226 e. The first kappa shape index (κ1) is 11.7. The summed E-state index contributed by atoms with van der Waals surface area (Å²) in [6.07, 6.45) is 1.10. The van der Waals surface area contributed by atoms with Crippen LogP contribution in [0.2, 0.25) is 0 Å². The predicted molar refractivity (Wildman–Crippen MR) is 69.0 cm³/mol. The number of benzene rings is 1. The number of carbonyl (C=O) groups excluding carboxylic acids is 1. The molecule has 1 aliphatic heterocycles. The molecule has 3 heteroatoms. The SMILES string of the molecule is CC1CC1C(=O)N1CCOC(c2ccccc2)C1. The van der Waals surface area contributed by atoms with Gasteiger partial charge in [0.1, 0.15) is 6.10 Å². The molecule has 0 spiro atoms. The van der Waals surface area contributed by atoms with Gasteiger partial charge in [0.15, 0.2) is 0 Å². The summed E-state index contributed by atoms with van der Waals surface area (Å²) in [7, 11) is 0. The number of rotatable bonds is 2. The zero-order chi connectivity index (χ0) is 12.5. The van der Waals surface area contributed by atoms with Gasteiger partial charge in [0, 0.05) is 12.5 Å². The monoisotopic (exact) mass is 245 g/mol. The van der Waals surface area contributed by atoms with E-state index in [1.807, 2.05) is 23.1 Å². The Bertz CT molecular complexity index is 431. The van der Waals surface area contributed by atoms with Gasteiger partial charge in [-0.2, -0.15) is 0 Å². The topological polar surface area (TPSA) is 29.5 Å². The Morgan fingerprint density at radius 2 is 2.06 bits per heavy atom. The minimum atomic E-state index is 0.0398. The standard InChI is InChI=1S/C15H19NO2/c1-11-9-13(11)15(17)16-7-8-18-14(10-16)12-5-3-2-4-6-12/h2-6,11,13-14H,7-10H2,1H3. The minimum absolute atomic E-state index is 0.0398. The number of hydrogen-bond acceptors (Lipinski definition) is 2. The summed E-state index contributed by atoms with van der Waals surface area (Å²) >= 11 is 0. The molecule has 2 aliphatic rings. The molecule has 3 atom stereocenters. The molecule has 2 fully saturated rings. The molecule has 0 radical (unpaired) electrons. The van der Waals surface area contributed by atoms with Crippen LogP contribution >= 0.6 is 0 Å². The molecule has 0 bridgehead atoms.